The molecule has 0 radical (unpaired) electrons. The molecule has 0 aliphatic carbocycles. The van der Waals surface area contributed by atoms with Gasteiger partial charge in [-0.1, -0.05) is 6.07 Å². The monoisotopic (exact) mass is 189 g/mol. The third-order valence-electron chi connectivity index (χ3n) is 1.67. The molecule has 4 nitrogen and oxygen atoms in total. The maximum atomic E-state index is 10.9. The van der Waals surface area contributed by atoms with Crippen molar-refractivity contribution in [2.75, 3.05) is 6.54 Å². The summed E-state index contributed by atoms with van der Waals surface area (Å²) >= 11 is 0. The van der Waals surface area contributed by atoms with E-state index in [2.05, 4.69) is 10.3 Å². The molecule has 1 aromatic rings. The van der Waals surface area contributed by atoms with Crippen LogP contribution in [-0.4, -0.2) is 17.4 Å². The SMILES string of the molecule is N#CCC(=O)NCCc1ccccn1. The molecule has 1 aromatic heterocycles. The summed E-state index contributed by atoms with van der Waals surface area (Å²) in [6, 6.07) is 7.43. The molecule has 0 spiro atoms. The van der Waals surface area contributed by atoms with E-state index >= 15 is 0 Å². The summed E-state index contributed by atoms with van der Waals surface area (Å²) in [5.41, 5.74) is 0.935. The predicted molar refractivity (Wildman–Crippen MR) is 51.2 cm³/mol. The Kier molecular flexibility index (Phi) is 4.15. The first-order valence-electron chi connectivity index (χ1n) is 4.36. The molecule has 0 fully saturated rings. The van der Waals surface area contributed by atoms with Gasteiger partial charge in [0.25, 0.3) is 0 Å². The van der Waals surface area contributed by atoms with Crippen molar-refractivity contribution in [2.45, 2.75) is 12.8 Å². The summed E-state index contributed by atoms with van der Waals surface area (Å²) in [7, 11) is 0. The van der Waals surface area contributed by atoms with Crippen LogP contribution in [0.5, 0.6) is 0 Å². The van der Waals surface area contributed by atoms with Crippen LogP contribution >= 0.6 is 0 Å². The van der Waals surface area contributed by atoms with Gasteiger partial charge in [0.05, 0.1) is 6.07 Å². The van der Waals surface area contributed by atoms with Crippen molar-refractivity contribution in [3.05, 3.63) is 30.1 Å². The lowest BCUT2D eigenvalue weighted by molar-refractivity contribution is -0.120. The minimum Gasteiger partial charge on any atom is -0.355 e. The molecule has 0 aromatic carbocycles. The molecule has 14 heavy (non-hydrogen) atoms. The van der Waals surface area contributed by atoms with Crippen LogP contribution in [0.4, 0.5) is 0 Å². The number of aromatic nitrogens is 1. The number of nitrogens with zero attached hydrogens (tertiary/aromatic N) is 2. The van der Waals surface area contributed by atoms with E-state index in [1.54, 1.807) is 12.3 Å². The highest BCUT2D eigenvalue weighted by atomic mass is 16.1. The fraction of sp³-hybridized carbons (Fsp3) is 0.300. The summed E-state index contributed by atoms with van der Waals surface area (Å²) in [6.07, 6.45) is 2.33. The fourth-order valence-electron chi connectivity index (χ4n) is 1.01. The Morgan fingerprint density at radius 2 is 2.43 bits per heavy atom. The summed E-state index contributed by atoms with van der Waals surface area (Å²) in [5, 5.41) is 10.9. The number of nitrogens with one attached hydrogen (secondary N) is 1. The van der Waals surface area contributed by atoms with Gasteiger partial charge in [-0.25, -0.2) is 0 Å². The highest BCUT2D eigenvalue weighted by Crippen LogP contribution is 1.92. The van der Waals surface area contributed by atoms with Gasteiger partial charge in [0.1, 0.15) is 6.42 Å². The third kappa shape index (κ3) is 3.68. The average molecular weight is 189 g/mol. The largest absolute Gasteiger partial charge is 0.355 e. The van der Waals surface area contributed by atoms with Crippen LogP contribution < -0.4 is 5.32 Å². The first-order chi connectivity index (χ1) is 6.83. The van der Waals surface area contributed by atoms with Crippen LogP contribution in [-0.2, 0) is 11.2 Å². The molecule has 0 atom stereocenters. The zero-order valence-electron chi connectivity index (χ0n) is 7.73. The number of amides is 1. The molecule has 0 aliphatic rings. The lowest BCUT2D eigenvalue weighted by Crippen LogP contribution is -2.25. The zero-order chi connectivity index (χ0) is 10.2. The number of carbonyl (C=O) groups is 1. The van der Waals surface area contributed by atoms with Crippen molar-refractivity contribution < 1.29 is 4.79 Å². The Hall–Kier alpha value is -1.89. The van der Waals surface area contributed by atoms with E-state index in [0.717, 1.165) is 5.69 Å². The second-order valence-electron chi connectivity index (χ2n) is 2.76. The van der Waals surface area contributed by atoms with Gasteiger partial charge in [0.15, 0.2) is 0 Å². The molecule has 4 heteroatoms. The Bertz CT molecular complexity index is 329. The second-order valence-corrected chi connectivity index (χ2v) is 2.76. The van der Waals surface area contributed by atoms with E-state index in [9.17, 15) is 4.79 Å². The minimum absolute atomic E-state index is 0.0811. The molecule has 0 aliphatic heterocycles. The molecule has 1 amide bonds. The van der Waals surface area contributed by atoms with Crippen LogP contribution in [0.2, 0.25) is 0 Å². The number of rotatable bonds is 4. The van der Waals surface area contributed by atoms with Crippen LogP contribution in [0.15, 0.2) is 24.4 Å². The van der Waals surface area contributed by atoms with Crippen molar-refractivity contribution in [3.63, 3.8) is 0 Å². The van der Waals surface area contributed by atoms with Gasteiger partial charge >= 0.3 is 0 Å². The number of hydrogen-bond donors (Lipinski definition) is 1. The minimum atomic E-state index is -0.233. The molecule has 0 saturated heterocycles. The summed E-state index contributed by atoms with van der Waals surface area (Å²) < 4.78 is 0. The van der Waals surface area contributed by atoms with Crippen LogP contribution in [0, 0.1) is 11.3 Å². The number of pyridine rings is 1. The van der Waals surface area contributed by atoms with Gasteiger partial charge in [-0.3, -0.25) is 9.78 Å². The number of carbonyl (C=O) groups excluding carboxylic acids is 1. The fourth-order valence-corrected chi connectivity index (χ4v) is 1.01. The molecule has 0 saturated carbocycles. The normalized spacial score (nSPS) is 9.07. The molecule has 0 unspecified atom stereocenters. The van der Waals surface area contributed by atoms with E-state index in [1.165, 1.54) is 0 Å². The molecule has 1 rings (SSSR count). The van der Waals surface area contributed by atoms with Crippen LogP contribution in [0.3, 0.4) is 0 Å². The van der Waals surface area contributed by atoms with Gasteiger partial charge in [0, 0.05) is 24.9 Å². The Labute approximate surface area is 82.6 Å². The highest BCUT2D eigenvalue weighted by Gasteiger charge is 1.98. The van der Waals surface area contributed by atoms with E-state index in [0.29, 0.717) is 13.0 Å². The summed E-state index contributed by atoms with van der Waals surface area (Å²) in [4.78, 5) is 15.0. The Balaban J connectivity index is 2.23. The first-order valence-corrected chi connectivity index (χ1v) is 4.36. The van der Waals surface area contributed by atoms with Crippen molar-refractivity contribution in [3.8, 4) is 6.07 Å². The molecular weight excluding hydrogens is 178 g/mol. The van der Waals surface area contributed by atoms with E-state index in [4.69, 9.17) is 5.26 Å². The lowest BCUT2D eigenvalue weighted by Gasteiger charge is -2.01. The Morgan fingerprint density at radius 3 is 3.07 bits per heavy atom. The first kappa shape index (κ1) is 10.2. The summed E-state index contributed by atoms with van der Waals surface area (Å²) in [5.74, 6) is -0.233. The van der Waals surface area contributed by atoms with Crippen molar-refractivity contribution in [1.29, 1.82) is 5.26 Å². The molecule has 1 N–H and O–H groups in total. The maximum absolute atomic E-state index is 10.9. The van der Waals surface area contributed by atoms with Gasteiger partial charge in [-0.2, -0.15) is 5.26 Å². The zero-order valence-corrected chi connectivity index (χ0v) is 7.73. The molecule has 0 bridgehead atoms. The van der Waals surface area contributed by atoms with Gasteiger partial charge in [-0.05, 0) is 12.1 Å². The number of nitriles is 1. The lowest BCUT2D eigenvalue weighted by atomic mass is 10.2. The van der Waals surface area contributed by atoms with Gasteiger partial charge in [0.2, 0.25) is 5.91 Å². The van der Waals surface area contributed by atoms with Crippen molar-refractivity contribution in [2.24, 2.45) is 0 Å². The highest BCUT2D eigenvalue weighted by molar-refractivity contribution is 5.77. The smallest absolute Gasteiger partial charge is 0.234 e. The standard InChI is InChI=1S/C10H11N3O/c11-6-4-10(14)13-8-5-9-3-1-2-7-12-9/h1-3,7H,4-5,8H2,(H,13,14). The average Bonchev–Trinajstić information content (AvgIpc) is 2.20. The maximum Gasteiger partial charge on any atom is 0.234 e. The van der Waals surface area contributed by atoms with E-state index in [-0.39, 0.29) is 12.3 Å². The predicted octanol–water partition coefficient (Wildman–Crippen LogP) is 0.654. The van der Waals surface area contributed by atoms with Gasteiger partial charge in [-0.15, -0.1) is 0 Å². The number of hydrogen-bond acceptors (Lipinski definition) is 3. The van der Waals surface area contributed by atoms with E-state index in [1.807, 2.05) is 18.2 Å². The molecule has 72 valence electrons. The Morgan fingerprint density at radius 1 is 1.57 bits per heavy atom. The van der Waals surface area contributed by atoms with Crippen LogP contribution in [0.1, 0.15) is 12.1 Å². The molecule has 1 heterocycles. The molecular formula is C10H11N3O. The quantitative estimate of drug-likeness (QED) is 0.756. The van der Waals surface area contributed by atoms with Gasteiger partial charge < -0.3 is 5.32 Å². The van der Waals surface area contributed by atoms with Crippen molar-refractivity contribution in [1.82, 2.24) is 10.3 Å². The summed E-state index contributed by atoms with van der Waals surface area (Å²) in [6.45, 7) is 0.525. The topological polar surface area (TPSA) is 65.8 Å². The van der Waals surface area contributed by atoms with Crippen molar-refractivity contribution >= 4 is 5.91 Å². The van der Waals surface area contributed by atoms with Crippen LogP contribution in [0.25, 0.3) is 0 Å². The second kappa shape index (κ2) is 5.70. The third-order valence-corrected chi connectivity index (χ3v) is 1.67. The van der Waals surface area contributed by atoms with E-state index < -0.39 is 0 Å².